The van der Waals surface area contributed by atoms with Gasteiger partial charge >= 0.3 is 0 Å². The molecular weight excluding hydrogens is 302 g/mol. The lowest BCUT2D eigenvalue weighted by Gasteiger charge is -2.32. The first-order valence-corrected chi connectivity index (χ1v) is 9.35. The summed E-state index contributed by atoms with van der Waals surface area (Å²) in [6, 6.07) is 2.50. The van der Waals surface area contributed by atoms with Gasteiger partial charge in [-0.15, -0.1) is 0 Å². The molecule has 1 aliphatic heterocycles. The average Bonchev–Trinajstić information content (AvgIpc) is 3.04. The van der Waals surface area contributed by atoms with Gasteiger partial charge in [-0.25, -0.2) is 4.99 Å². The molecule has 0 amide bonds. The zero-order chi connectivity index (χ0) is 17.4. The van der Waals surface area contributed by atoms with Crippen LogP contribution in [0.1, 0.15) is 64.3 Å². The highest BCUT2D eigenvalue weighted by atomic mass is 16.5. The van der Waals surface area contributed by atoms with Gasteiger partial charge in [-0.05, 0) is 38.6 Å². The van der Waals surface area contributed by atoms with Crippen LogP contribution in [0.4, 0.5) is 0 Å². The predicted octanol–water partition coefficient (Wildman–Crippen LogP) is 2.73. The molecule has 0 bridgehead atoms. The number of rotatable bonds is 7. The number of nitrogens with zero attached hydrogens (tertiary/aromatic N) is 3. The summed E-state index contributed by atoms with van der Waals surface area (Å²) in [5, 5.41) is 11.0. The van der Waals surface area contributed by atoms with E-state index in [9.17, 15) is 0 Å². The fraction of sp³-hybridized carbons (Fsp3) is 0.778. The molecule has 1 fully saturated rings. The third kappa shape index (κ3) is 5.82. The maximum atomic E-state index is 5.37. The smallest absolute Gasteiger partial charge is 0.191 e. The summed E-state index contributed by atoms with van der Waals surface area (Å²) in [7, 11) is 0. The largest absolute Gasteiger partial charge is 0.359 e. The van der Waals surface area contributed by atoms with Crippen molar-refractivity contribution in [2.24, 2.45) is 4.99 Å². The summed E-state index contributed by atoms with van der Waals surface area (Å²) in [6.07, 6.45) is 3.58. The highest BCUT2D eigenvalue weighted by Gasteiger charge is 2.19. The maximum Gasteiger partial charge on any atom is 0.191 e. The third-order valence-electron chi connectivity index (χ3n) is 4.37. The Morgan fingerprint density at radius 1 is 1.38 bits per heavy atom. The molecular formula is C18H33N5O. The predicted molar refractivity (Wildman–Crippen MR) is 98.3 cm³/mol. The van der Waals surface area contributed by atoms with Crippen molar-refractivity contribution in [3.8, 4) is 0 Å². The number of piperidine rings is 1. The van der Waals surface area contributed by atoms with E-state index in [0.717, 1.165) is 24.0 Å². The Hall–Kier alpha value is -1.56. The number of nitrogens with one attached hydrogen (secondary N) is 2. The second kappa shape index (κ2) is 9.67. The molecule has 1 saturated heterocycles. The SMILES string of the molecule is CCCN1CCC(NC(=NCc2cc(C(C)C)no2)NCC)CC1. The Bertz CT molecular complexity index is 503. The molecule has 1 aromatic heterocycles. The van der Waals surface area contributed by atoms with E-state index in [2.05, 4.69) is 53.4 Å². The van der Waals surface area contributed by atoms with Gasteiger partial charge in [0, 0.05) is 31.7 Å². The minimum absolute atomic E-state index is 0.381. The quantitative estimate of drug-likeness (QED) is 0.592. The second-order valence-electron chi connectivity index (χ2n) is 6.83. The summed E-state index contributed by atoms with van der Waals surface area (Å²) in [4.78, 5) is 7.20. The van der Waals surface area contributed by atoms with Gasteiger partial charge in [0.1, 0.15) is 6.54 Å². The van der Waals surface area contributed by atoms with E-state index in [1.165, 1.54) is 38.9 Å². The Balaban J connectivity index is 1.86. The van der Waals surface area contributed by atoms with E-state index in [4.69, 9.17) is 4.52 Å². The van der Waals surface area contributed by atoms with Gasteiger partial charge in [0.15, 0.2) is 11.7 Å². The minimum atomic E-state index is 0.381. The number of guanidine groups is 1. The van der Waals surface area contributed by atoms with Gasteiger partial charge in [0.05, 0.1) is 5.69 Å². The van der Waals surface area contributed by atoms with Crippen molar-refractivity contribution in [2.45, 2.75) is 65.5 Å². The molecule has 1 aliphatic rings. The van der Waals surface area contributed by atoms with Crippen molar-refractivity contribution in [3.05, 3.63) is 17.5 Å². The fourth-order valence-corrected chi connectivity index (χ4v) is 2.96. The molecule has 0 radical (unpaired) electrons. The summed E-state index contributed by atoms with van der Waals surface area (Å²) >= 11 is 0. The van der Waals surface area contributed by atoms with Crippen LogP contribution >= 0.6 is 0 Å². The van der Waals surface area contributed by atoms with Crippen molar-refractivity contribution in [1.82, 2.24) is 20.7 Å². The van der Waals surface area contributed by atoms with Crippen LogP contribution in [-0.4, -0.2) is 48.2 Å². The van der Waals surface area contributed by atoms with Crippen molar-refractivity contribution < 1.29 is 4.52 Å². The van der Waals surface area contributed by atoms with Crippen LogP contribution in [0, 0.1) is 0 Å². The highest BCUT2D eigenvalue weighted by Crippen LogP contribution is 2.15. The van der Waals surface area contributed by atoms with Crippen molar-refractivity contribution in [1.29, 1.82) is 0 Å². The van der Waals surface area contributed by atoms with Gasteiger partial charge in [-0.3, -0.25) is 0 Å². The molecule has 0 unspecified atom stereocenters. The van der Waals surface area contributed by atoms with Crippen LogP contribution in [0.2, 0.25) is 0 Å². The van der Waals surface area contributed by atoms with Crippen LogP contribution in [0.5, 0.6) is 0 Å². The van der Waals surface area contributed by atoms with Gasteiger partial charge in [-0.1, -0.05) is 25.9 Å². The van der Waals surface area contributed by atoms with Gasteiger partial charge in [0.25, 0.3) is 0 Å². The highest BCUT2D eigenvalue weighted by molar-refractivity contribution is 5.80. The molecule has 6 heteroatoms. The number of likely N-dealkylation sites (tertiary alicyclic amines) is 1. The molecule has 24 heavy (non-hydrogen) atoms. The molecule has 2 rings (SSSR count). The lowest BCUT2D eigenvalue weighted by Crippen LogP contribution is -2.48. The summed E-state index contributed by atoms with van der Waals surface area (Å²) < 4.78 is 5.37. The molecule has 2 N–H and O–H groups in total. The zero-order valence-electron chi connectivity index (χ0n) is 15.6. The van der Waals surface area contributed by atoms with Crippen molar-refractivity contribution in [2.75, 3.05) is 26.2 Å². The Kier molecular flexibility index (Phi) is 7.56. The van der Waals surface area contributed by atoms with E-state index in [-0.39, 0.29) is 0 Å². The average molecular weight is 335 g/mol. The normalized spacial score (nSPS) is 17.5. The molecule has 136 valence electrons. The second-order valence-corrected chi connectivity index (χ2v) is 6.83. The number of aliphatic imine (C=N–C) groups is 1. The van der Waals surface area contributed by atoms with E-state index in [1.54, 1.807) is 0 Å². The Labute approximate surface area is 146 Å². The first kappa shape index (κ1) is 18.8. The lowest BCUT2D eigenvalue weighted by atomic mass is 10.1. The molecule has 6 nitrogen and oxygen atoms in total. The number of hydrogen-bond acceptors (Lipinski definition) is 4. The van der Waals surface area contributed by atoms with E-state index in [0.29, 0.717) is 18.5 Å². The van der Waals surface area contributed by atoms with Gasteiger partial charge < -0.3 is 20.1 Å². The van der Waals surface area contributed by atoms with Gasteiger partial charge in [-0.2, -0.15) is 0 Å². The minimum Gasteiger partial charge on any atom is -0.359 e. The zero-order valence-corrected chi connectivity index (χ0v) is 15.6. The standard InChI is InChI=1S/C18H33N5O/c1-5-9-23-10-7-15(8-11-23)21-18(19-6-2)20-13-16-12-17(14(3)4)22-24-16/h12,14-15H,5-11,13H2,1-4H3,(H2,19,20,21). The van der Waals surface area contributed by atoms with Crippen LogP contribution in [0.25, 0.3) is 0 Å². The molecule has 0 saturated carbocycles. The topological polar surface area (TPSA) is 65.7 Å². The number of aromatic nitrogens is 1. The number of hydrogen-bond donors (Lipinski definition) is 2. The van der Waals surface area contributed by atoms with Crippen LogP contribution in [0.15, 0.2) is 15.6 Å². The summed E-state index contributed by atoms with van der Waals surface area (Å²) in [5.41, 5.74) is 0.987. The Morgan fingerprint density at radius 2 is 2.12 bits per heavy atom. The summed E-state index contributed by atoms with van der Waals surface area (Å²) in [5.74, 6) is 2.06. The molecule has 0 aliphatic carbocycles. The van der Waals surface area contributed by atoms with Crippen molar-refractivity contribution in [3.63, 3.8) is 0 Å². The lowest BCUT2D eigenvalue weighted by molar-refractivity contribution is 0.206. The first-order chi connectivity index (χ1) is 11.6. The first-order valence-electron chi connectivity index (χ1n) is 9.35. The summed E-state index contributed by atoms with van der Waals surface area (Å²) in [6.45, 7) is 13.5. The van der Waals surface area contributed by atoms with E-state index in [1.807, 2.05) is 6.07 Å². The molecule has 0 aromatic carbocycles. The Morgan fingerprint density at radius 3 is 2.71 bits per heavy atom. The molecule has 0 atom stereocenters. The van der Waals surface area contributed by atoms with E-state index >= 15 is 0 Å². The molecule has 0 spiro atoms. The van der Waals surface area contributed by atoms with Crippen LogP contribution < -0.4 is 10.6 Å². The molecule has 1 aromatic rings. The monoisotopic (exact) mass is 335 g/mol. The van der Waals surface area contributed by atoms with Crippen molar-refractivity contribution >= 4 is 5.96 Å². The van der Waals surface area contributed by atoms with Crippen LogP contribution in [-0.2, 0) is 6.54 Å². The van der Waals surface area contributed by atoms with Gasteiger partial charge in [0.2, 0.25) is 0 Å². The third-order valence-corrected chi connectivity index (χ3v) is 4.37. The van der Waals surface area contributed by atoms with E-state index < -0.39 is 0 Å². The molecule has 2 heterocycles. The maximum absolute atomic E-state index is 5.37. The fourth-order valence-electron chi connectivity index (χ4n) is 2.96. The van der Waals surface area contributed by atoms with Crippen LogP contribution in [0.3, 0.4) is 0 Å².